The number of aryl methyl sites for hydroxylation is 1. The molecule has 8 heteroatoms. The molecule has 1 amide bonds. The lowest BCUT2D eigenvalue weighted by Crippen LogP contribution is -2.45. The molecule has 30 heavy (non-hydrogen) atoms. The number of Topliss-reactive ketones (excluding diaryl/α,β-unsaturated/α-hetero) is 1. The Morgan fingerprint density at radius 3 is 2.53 bits per heavy atom. The highest BCUT2D eigenvalue weighted by atomic mass is 16.5. The molecular weight excluding hydrogens is 386 g/mol. The van der Waals surface area contributed by atoms with Crippen LogP contribution >= 0.6 is 0 Å². The number of aromatic nitrogens is 2. The molecule has 0 fully saturated rings. The quantitative estimate of drug-likeness (QED) is 0.610. The molecule has 2 rings (SSSR count). The number of nitrogens with zero attached hydrogens (tertiary/aromatic N) is 2. The number of aliphatic carboxylic acids is 1. The first-order valence-electron chi connectivity index (χ1n) is 9.74. The zero-order valence-electron chi connectivity index (χ0n) is 18.0. The van der Waals surface area contributed by atoms with Crippen LogP contribution in [-0.2, 0) is 23.2 Å². The van der Waals surface area contributed by atoms with Gasteiger partial charge in [0.15, 0.2) is 5.78 Å². The van der Waals surface area contributed by atoms with Crippen LogP contribution in [-0.4, -0.2) is 38.4 Å². The molecule has 2 N–H and O–H groups in total. The van der Waals surface area contributed by atoms with E-state index in [9.17, 15) is 14.4 Å². The lowest BCUT2D eigenvalue weighted by molar-refractivity contribution is -0.142. The minimum absolute atomic E-state index is 0.0372. The molecule has 2 atom stereocenters. The molecule has 0 unspecified atom stereocenters. The Labute approximate surface area is 176 Å². The molecule has 0 saturated heterocycles. The van der Waals surface area contributed by atoms with Gasteiger partial charge in [0.25, 0.3) is 0 Å². The van der Waals surface area contributed by atoms with E-state index in [0.717, 1.165) is 5.82 Å². The van der Waals surface area contributed by atoms with Gasteiger partial charge in [-0.25, -0.2) is 4.98 Å². The third kappa shape index (κ3) is 6.17. The summed E-state index contributed by atoms with van der Waals surface area (Å²) in [7, 11) is 1.87. The molecule has 0 aliphatic carbocycles. The monoisotopic (exact) mass is 415 g/mol. The first-order chi connectivity index (χ1) is 14.0. The average molecular weight is 415 g/mol. The second kappa shape index (κ2) is 9.56. The summed E-state index contributed by atoms with van der Waals surface area (Å²) in [6, 6.07) is 5.76. The molecule has 8 nitrogen and oxygen atoms in total. The minimum atomic E-state index is -1.13. The van der Waals surface area contributed by atoms with Gasteiger partial charge in [0.1, 0.15) is 24.2 Å². The number of rotatable bonds is 9. The van der Waals surface area contributed by atoms with E-state index in [1.807, 2.05) is 38.6 Å². The summed E-state index contributed by atoms with van der Waals surface area (Å²) in [6.45, 7) is 7.21. The van der Waals surface area contributed by atoms with Crippen LogP contribution < -0.4 is 10.1 Å². The topological polar surface area (TPSA) is 111 Å². The van der Waals surface area contributed by atoms with Gasteiger partial charge in [-0.3, -0.25) is 14.4 Å². The summed E-state index contributed by atoms with van der Waals surface area (Å²) in [6.07, 6.45) is 3.47. The molecule has 0 aliphatic heterocycles. The zero-order valence-corrected chi connectivity index (χ0v) is 18.0. The average Bonchev–Trinajstić information content (AvgIpc) is 3.08. The number of carboxylic acid groups (broad SMARTS) is 1. The number of carboxylic acids is 1. The number of carbonyl (C=O) groups excluding carboxylic acids is 2. The summed E-state index contributed by atoms with van der Waals surface area (Å²) in [5.41, 5.74) is -0.0924. The number of amides is 1. The summed E-state index contributed by atoms with van der Waals surface area (Å²) in [5, 5.41) is 11.5. The van der Waals surface area contributed by atoms with Gasteiger partial charge in [0, 0.05) is 31.4 Å². The van der Waals surface area contributed by atoms with Crippen molar-refractivity contribution in [1.82, 2.24) is 14.9 Å². The molecule has 1 aromatic carbocycles. The van der Waals surface area contributed by atoms with Crippen molar-refractivity contribution in [3.63, 3.8) is 0 Å². The van der Waals surface area contributed by atoms with Gasteiger partial charge < -0.3 is 19.7 Å². The fourth-order valence-electron chi connectivity index (χ4n) is 2.91. The third-order valence-corrected chi connectivity index (χ3v) is 4.93. The van der Waals surface area contributed by atoms with Crippen molar-refractivity contribution in [1.29, 1.82) is 0 Å². The van der Waals surface area contributed by atoms with E-state index < -0.39 is 29.3 Å². The number of benzene rings is 1. The SMILES string of the molecule is C[C@H](NC(=O)[C@@H](CC(=O)c1cccc(OCc2nccn2C)c1)C(C)(C)C)C(=O)O. The predicted octanol–water partition coefficient (Wildman–Crippen LogP) is 2.82. The molecule has 0 spiro atoms. The molecule has 162 valence electrons. The maximum absolute atomic E-state index is 12.9. The van der Waals surface area contributed by atoms with Gasteiger partial charge in [-0.15, -0.1) is 0 Å². The molecule has 2 aromatic rings. The Balaban J connectivity index is 2.10. The second-order valence-electron chi connectivity index (χ2n) is 8.39. The van der Waals surface area contributed by atoms with Crippen molar-refractivity contribution < 1.29 is 24.2 Å². The standard InChI is InChI=1S/C22H29N3O5/c1-14(21(28)29)24-20(27)17(22(2,3)4)12-18(26)15-7-6-8-16(11-15)30-13-19-23-9-10-25(19)5/h6-11,14,17H,12-13H2,1-5H3,(H,24,27)(H,28,29)/t14-,17+/m0/s1. The van der Waals surface area contributed by atoms with Crippen LogP contribution in [0.4, 0.5) is 0 Å². The van der Waals surface area contributed by atoms with Crippen molar-refractivity contribution >= 4 is 17.7 Å². The normalized spacial score (nSPS) is 13.4. The Morgan fingerprint density at radius 2 is 1.97 bits per heavy atom. The summed E-state index contributed by atoms with van der Waals surface area (Å²) in [4.78, 5) is 40.8. The number of hydrogen-bond acceptors (Lipinski definition) is 5. The lowest BCUT2D eigenvalue weighted by Gasteiger charge is -2.30. The second-order valence-corrected chi connectivity index (χ2v) is 8.39. The van der Waals surface area contributed by atoms with Crippen LogP contribution in [0.2, 0.25) is 0 Å². The molecular formula is C22H29N3O5. The lowest BCUT2D eigenvalue weighted by atomic mass is 9.76. The highest BCUT2D eigenvalue weighted by Gasteiger charge is 2.34. The molecule has 0 bridgehead atoms. The van der Waals surface area contributed by atoms with E-state index in [-0.39, 0.29) is 18.8 Å². The summed E-state index contributed by atoms with van der Waals surface area (Å²) >= 11 is 0. The maximum Gasteiger partial charge on any atom is 0.325 e. The van der Waals surface area contributed by atoms with E-state index in [2.05, 4.69) is 10.3 Å². The Hall–Kier alpha value is -3.16. The number of hydrogen-bond donors (Lipinski definition) is 2. The molecule has 0 aliphatic rings. The van der Waals surface area contributed by atoms with Crippen LogP contribution in [0.15, 0.2) is 36.7 Å². The van der Waals surface area contributed by atoms with Crippen molar-refractivity contribution in [3.8, 4) is 5.75 Å². The van der Waals surface area contributed by atoms with Crippen LogP contribution in [0, 0.1) is 11.3 Å². The van der Waals surface area contributed by atoms with Crippen LogP contribution in [0.5, 0.6) is 5.75 Å². The van der Waals surface area contributed by atoms with Crippen molar-refractivity contribution in [2.45, 2.75) is 46.8 Å². The number of ketones is 1. The highest BCUT2D eigenvalue weighted by Crippen LogP contribution is 2.31. The van der Waals surface area contributed by atoms with Crippen molar-refractivity contribution in [2.24, 2.45) is 18.4 Å². The maximum atomic E-state index is 12.9. The van der Waals surface area contributed by atoms with Gasteiger partial charge in [-0.2, -0.15) is 0 Å². The Bertz CT molecular complexity index is 913. The van der Waals surface area contributed by atoms with Gasteiger partial charge >= 0.3 is 5.97 Å². The van der Waals surface area contributed by atoms with E-state index in [1.54, 1.807) is 30.5 Å². The van der Waals surface area contributed by atoms with E-state index in [4.69, 9.17) is 9.84 Å². The largest absolute Gasteiger partial charge is 0.486 e. The first-order valence-corrected chi connectivity index (χ1v) is 9.74. The van der Waals surface area contributed by atoms with E-state index in [0.29, 0.717) is 11.3 Å². The minimum Gasteiger partial charge on any atom is -0.486 e. The van der Waals surface area contributed by atoms with Gasteiger partial charge in [-0.05, 0) is 24.5 Å². The van der Waals surface area contributed by atoms with Gasteiger partial charge in [0.05, 0.1) is 5.92 Å². The zero-order chi connectivity index (χ0) is 22.5. The summed E-state index contributed by atoms with van der Waals surface area (Å²) < 4.78 is 7.59. The van der Waals surface area contributed by atoms with E-state index in [1.165, 1.54) is 6.92 Å². The highest BCUT2D eigenvalue weighted by molar-refractivity contribution is 5.99. The molecule has 1 heterocycles. The summed E-state index contributed by atoms with van der Waals surface area (Å²) in [5.74, 6) is -1.18. The Morgan fingerprint density at radius 1 is 1.27 bits per heavy atom. The number of nitrogens with one attached hydrogen (secondary N) is 1. The fraction of sp³-hybridized carbons (Fsp3) is 0.455. The van der Waals surface area contributed by atoms with Crippen LogP contribution in [0.25, 0.3) is 0 Å². The third-order valence-electron chi connectivity index (χ3n) is 4.93. The molecule has 0 radical (unpaired) electrons. The van der Waals surface area contributed by atoms with Crippen LogP contribution in [0.1, 0.15) is 50.3 Å². The van der Waals surface area contributed by atoms with Crippen LogP contribution in [0.3, 0.4) is 0 Å². The first kappa shape index (κ1) is 23.1. The fourth-order valence-corrected chi connectivity index (χ4v) is 2.91. The molecule has 1 aromatic heterocycles. The molecule has 0 saturated carbocycles. The number of carbonyl (C=O) groups is 3. The van der Waals surface area contributed by atoms with E-state index >= 15 is 0 Å². The Kier molecular flexibility index (Phi) is 7.37. The van der Waals surface area contributed by atoms with Crippen molar-refractivity contribution in [3.05, 3.63) is 48.0 Å². The number of imidazole rings is 1. The smallest absolute Gasteiger partial charge is 0.325 e. The van der Waals surface area contributed by atoms with Gasteiger partial charge in [-0.1, -0.05) is 32.9 Å². The van der Waals surface area contributed by atoms with Crippen molar-refractivity contribution in [2.75, 3.05) is 0 Å². The van der Waals surface area contributed by atoms with Gasteiger partial charge in [0.2, 0.25) is 5.91 Å². The number of ether oxygens (including phenoxy) is 1. The predicted molar refractivity (Wildman–Crippen MR) is 111 cm³/mol.